The number of amides is 1. The molecule has 4 heteroatoms. The fraction of sp³-hybridized carbons (Fsp3) is 0.720. The van der Waals surface area contributed by atoms with Crippen LogP contribution in [-0.4, -0.2) is 46.9 Å². The Hall–Kier alpha value is -1.39. The third-order valence-electron chi connectivity index (χ3n) is 8.52. The second kappa shape index (κ2) is 6.81. The molecule has 1 aromatic rings. The van der Waals surface area contributed by atoms with Gasteiger partial charge in [-0.05, 0) is 68.5 Å². The topological polar surface area (TPSA) is 49.6 Å². The summed E-state index contributed by atoms with van der Waals surface area (Å²) in [5.41, 5.74) is 8.11. The number of rotatable bonds is 4. The van der Waals surface area contributed by atoms with Gasteiger partial charge >= 0.3 is 0 Å². The Morgan fingerprint density at radius 3 is 2.31 bits per heavy atom. The van der Waals surface area contributed by atoms with Gasteiger partial charge in [0.05, 0.1) is 5.54 Å². The van der Waals surface area contributed by atoms with E-state index in [1.54, 1.807) is 0 Å². The summed E-state index contributed by atoms with van der Waals surface area (Å²) < 4.78 is 0. The standard InChI is InChI=1S/C25H37N3O/c1-23(2)18-28(22(29)25(26)16-24(17-25)11-6-12-24)21(23)20-9-13-27(14-10-20)15-19-7-4-3-5-8-19/h3-5,7-8,20-21H,6,9-18,26H2,1-2H3/t21-/m0/s1. The summed E-state index contributed by atoms with van der Waals surface area (Å²) in [5, 5.41) is 0. The zero-order chi connectivity index (χ0) is 20.3. The van der Waals surface area contributed by atoms with E-state index < -0.39 is 5.54 Å². The minimum atomic E-state index is -0.566. The molecule has 0 unspecified atom stereocenters. The van der Waals surface area contributed by atoms with Gasteiger partial charge in [0.2, 0.25) is 5.91 Å². The van der Waals surface area contributed by atoms with Crippen LogP contribution in [0.5, 0.6) is 0 Å². The van der Waals surface area contributed by atoms with Gasteiger partial charge in [0.25, 0.3) is 0 Å². The van der Waals surface area contributed by atoms with Crippen molar-refractivity contribution in [2.75, 3.05) is 19.6 Å². The van der Waals surface area contributed by atoms with Crippen molar-refractivity contribution in [2.45, 2.75) is 76.9 Å². The smallest absolute Gasteiger partial charge is 0.242 e. The molecule has 2 heterocycles. The first-order valence-corrected chi connectivity index (χ1v) is 11.7. The summed E-state index contributed by atoms with van der Waals surface area (Å²) in [5.74, 6) is 0.863. The largest absolute Gasteiger partial charge is 0.337 e. The van der Waals surface area contributed by atoms with Crippen molar-refractivity contribution in [3.05, 3.63) is 35.9 Å². The van der Waals surface area contributed by atoms with Crippen LogP contribution in [0.3, 0.4) is 0 Å². The van der Waals surface area contributed by atoms with E-state index in [9.17, 15) is 4.79 Å². The lowest BCUT2D eigenvalue weighted by molar-refractivity contribution is -0.177. The van der Waals surface area contributed by atoms with Gasteiger partial charge in [-0.2, -0.15) is 0 Å². The number of likely N-dealkylation sites (tertiary alicyclic amines) is 2. The van der Waals surface area contributed by atoms with E-state index in [1.807, 2.05) is 0 Å². The van der Waals surface area contributed by atoms with E-state index in [0.717, 1.165) is 39.0 Å². The highest BCUT2D eigenvalue weighted by Crippen LogP contribution is 2.60. The van der Waals surface area contributed by atoms with Crippen LogP contribution in [0.25, 0.3) is 0 Å². The van der Waals surface area contributed by atoms with E-state index in [0.29, 0.717) is 17.4 Å². The van der Waals surface area contributed by atoms with Crippen molar-refractivity contribution >= 4 is 5.91 Å². The zero-order valence-corrected chi connectivity index (χ0v) is 18.2. The van der Waals surface area contributed by atoms with Gasteiger partial charge < -0.3 is 10.6 Å². The molecule has 2 aliphatic carbocycles. The van der Waals surface area contributed by atoms with Crippen molar-refractivity contribution < 1.29 is 4.79 Å². The second-order valence-electron chi connectivity index (χ2n) is 11.3. The summed E-state index contributed by atoms with van der Waals surface area (Å²) >= 11 is 0. The molecule has 0 radical (unpaired) electrons. The Kier molecular flexibility index (Phi) is 4.60. The number of nitrogens with zero attached hydrogens (tertiary/aromatic N) is 2. The van der Waals surface area contributed by atoms with Gasteiger partial charge in [-0.3, -0.25) is 9.69 Å². The number of hydrogen-bond donors (Lipinski definition) is 1. The SMILES string of the molecule is CC1(C)CN(C(=O)C2(N)CC3(CCC3)C2)[C@H]1C1CCN(Cc2ccccc2)CC1. The maximum atomic E-state index is 13.4. The van der Waals surface area contributed by atoms with Gasteiger partial charge in [-0.15, -0.1) is 0 Å². The summed E-state index contributed by atoms with van der Waals surface area (Å²) in [6.45, 7) is 8.87. The Morgan fingerprint density at radius 2 is 1.76 bits per heavy atom. The maximum absolute atomic E-state index is 13.4. The third kappa shape index (κ3) is 3.33. The van der Waals surface area contributed by atoms with Crippen molar-refractivity contribution in [1.82, 2.24) is 9.80 Å². The molecule has 29 heavy (non-hydrogen) atoms. The molecule has 1 aromatic carbocycles. The molecular weight excluding hydrogens is 358 g/mol. The van der Waals surface area contributed by atoms with Crippen LogP contribution in [-0.2, 0) is 11.3 Å². The molecule has 2 saturated carbocycles. The molecule has 4 aliphatic rings. The lowest BCUT2D eigenvalue weighted by Gasteiger charge is -2.64. The van der Waals surface area contributed by atoms with Gasteiger partial charge in [-0.25, -0.2) is 0 Å². The average Bonchev–Trinajstić information content (AvgIpc) is 2.64. The van der Waals surface area contributed by atoms with Gasteiger partial charge in [0.1, 0.15) is 0 Å². The van der Waals surface area contributed by atoms with Crippen LogP contribution in [0.15, 0.2) is 30.3 Å². The third-order valence-corrected chi connectivity index (χ3v) is 8.52. The highest BCUT2D eigenvalue weighted by atomic mass is 16.2. The molecule has 4 fully saturated rings. The van der Waals surface area contributed by atoms with Crippen LogP contribution in [0.1, 0.15) is 64.4 Å². The Labute approximate surface area is 175 Å². The molecule has 5 rings (SSSR count). The van der Waals surface area contributed by atoms with E-state index in [1.165, 1.54) is 37.7 Å². The van der Waals surface area contributed by atoms with Crippen molar-refractivity contribution in [3.8, 4) is 0 Å². The molecule has 1 amide bonds. The summed E-state index contributed by atoms with van der Waals surface area (Å²) in [7, 11) is 0. The molecule has 4 nitrogen and oxygen atoms in total. The Balaban J connectivity index is 1.20. The minimum absolute atomic E-state index is 0.218. The molecule has 2 N–H and O–H groups in total. The summed E-state index contributed by atoms with van der Waals surface area (Å²) in [6, 6.07) is 11.1. The van der Waals surface area contributed by atoms with Crippen LogP contribution in [0.2, 0.25) is 0 Å². The first-order valence-electron chi connectivity index (χ1n) is 11.7. The van der Waals surface area contributed by atoms with Crippen molar-refractivity contribution in [3.63, 3.8) is 0 Å². The second-order valence-corrected chi connectivity index (χ2v) is 11.3. The number of piperidine rings is 1. The molecule has 2 aliphatic heterocycles. The van der Waals surface area contributed by atoms with E-state index in [4.69, 9.17) is 5.73 Å². The van der Waals surface area contributed by atoms with E-state index in [2.05, 4.69) is 54.0 Å². The van der Waals surface area contributed by atoms with Gasteiger partial charge in [-0.1, -0.05) is 50.6 Å². The number of benzene rings is 1. The highest BCUT2D eigenvalue weighted by Gasteiger charge is 2.63. The van der Waals surface area contributed by atoms with Crippen LogP contribution >= 0.6 is 0 Å². The molecule has 0 aromatic heterocycles. The fourth-order valence-corrected chi connectivity index (χ4v) is 7.05. The molecule has 2 saturated heterocycles. The predicted octanol–water partition coefficient (Wildman–Crippen LogP) is 3.80. The lowest BCUT2D eigenvalue weighted by atomic mass is 9.48. The van der Waals surface area contributed by atoms with Gasteiger partial charge in [0.15, 0.2) is 0 Å². The van der Waals surface area contributed by atoms with E-state index in [-0.39, 0.29) is 11.3 Å². The highest BCUT2D eigenvalue weighted by molar-refractivity contribution is 5.89. The maximum Gasteiger partial charge on any atom is 0.242 e. The van der Waals surface area contributed by atoms with Gasteiger partial charge in [0, 0.05) is 24.5 Å². The first kappa shape index (κ1) is 19.6. The minimum Gasteiger partial charge on any atom is -0.337 e. The van der Waals surface area contributed by atoms with Crippen molar-refractivity contribution in [1.29, 1.82) is 0 Å². The Morgan fingerprint density at radius 1 is 1.10 bits per heavy atom. The number of nitrogens with two attached hydrogens (primary N) is 1. The molecule has 1 atom stereocenters. The Bertz CT molecular complexity index is 754. The molecule has 1 spiro atoms. The molecule has 0 bridgehead atoms. The normalized spacial score (nSPS) is 30.3. The first-order chi connectivity index (χ1) is 13.8. The van der Waals surface area contributed by atoms with Crippen molar-refractivity contribution in [2.24, 2.45) is 22.5 Å². The zero-order valence-electron chi connectivity index (χ0n) is 18.2. The number of carbonyl (C=O) groups is 1. The van der Waals surface area contributed by atoms with Crippen LogP contribution < -0.4 is 5.73 Å². The predicted molar refractivity (Wildman–Crippen MR) is 116 cm³/mol. The fourth-order valence-electron chi connectivity index (χ4n) is 7.05. The summed E-state index contributed by atoms with van der Waals surface area (Å²) in [4.78, 5) is 18.1. The number of carbonyl (C=O) groups excluding carboxylic acids is 1. The van der Waals surface area contributed by atoms with Crippen LogP contribution in [0, 0.1) is 16.7 Å². The van der Waals surface area contributed by atoms with E-state index >= 15 is 0 Å². The average molecular weight is 396 g/mol. The lowest BCUT2D eigenvalue weighted by Crippen LogP contribution is -2.75. The molecular formula is C25H37N3O. The summed E-state index contributed by atoms with van der Waals surface area (Å²) in [6.07, 6.45) is 8.13. The van der Waals surface area contributed by atoms with Crippen LogP contribution in [0.4, 0.5) is 0 Å². The molecule has 158 valence electrons. The number of hydrogen-bond acceptors (Lipinski definition) is 3. The monoisotopic (exact) mass is 395 g/mol. The quantitative estimate of drug-likeness (QED) is 0.844.